The fraction of sp³-hybridized carbons (Fsp3) is 0.385. The quantitative estimate of drug-likeness (QED) is 0.738. The number of pyridine rings is 1. The second kappa shape index (κ2) is 4.70. The fourth-order valence-electron chi connectivity index (χ4n) is 2.65. The summed E-state index contributed by atoms with van der Waals surface area (Å²) in [4.78, 5) is 41.2. The molecule has 0 aliphatic carbocycles. The molecule has 110 valence electrons. The molecule has 0 saturated carbocycles. The van der Waals surface area contributed by atoms with Crippen molar-refractivity contribution in [2.75, 3.05) is 13.1 Å². The molecule has 2 aliphatic heterocycles. The van der Waals surface area contributed by atoms with Crippen LogP contribution in [0.5, 0.6) is 0 Å². The molecule has 1 aromatic heterocycles. The Bertz CT molecular complexity index is 663. The van der Waals surface area contributed by atoms with Crippen molar-refractivity contribution in [2.24, 2.45) is 0 Å². The Kier molecular flexibility index (Phi) is 3.09. The number of carbonyl (C=O) groups excluding carboxylic acids is 3. The van der Waals surface area contributed by atoms with E-state index in [1.165, 1.54) is 11.1 Å². The van der Waals surface area contributed by atoms with Gasteiger partial charge in [0.15, 0.2) is 0 Å². The van der Waals surface area contributed by atoms with Crippen molar-refractivity contribution in [1.82, 2.24) is 20.5 Å². The summed E-state index contributed by atoms with van der Waals surface area (Å²) in [5, 5.41) is 5.13. The van der Waals surface area contributed by atoms with Crippen molar-refractivity contribution >= 4 is 29.4 Å². The number of amides is 4. The summed E-state index contributed by atoms with van der Waals surface area (Å²) in [6, 6.07) is 1.09. The molecule has 21 heavy (non-hydrogen) atoms. The summed E-state index contributed by atoms with van der Waals surface area (Å²) in [6.07, 6.45) is 1.81. The first kappa shape index (κ1) is 13.8. The van der Waals surface area contributed by atoms with Gasteiger partial charge in [-0.1, -0.05) is 11.6 Å². The molecule has 1 atom stereocenters. The van der Waals surface area contributed by atoms with Crippen molar-refractivity contribution in [2.45, 2.75) is 18.9 Å². The summed E-state index contributed by atoms with van der Waals surface area (Å²) in [5.41, 5.74) is -0.00178. The number of urea groups is 1. The van der Waals surface area contributed by atoms with Crippen LogP contribution in [0, 0.1) is 6.92 Å². The Morgan fingerprint density at radius 1 is 1.48 bits per heavy atom. The molecule has 0 radical (unpaired) electrons. The standard InChI is InChI=1S/C13H13ClN4O3/c1-7-4-9(14)8(5-15-7)10(19)18-3-2-13(6-18)11(20)16-12(21)17-13/h4-5H,2-3,6H2,1H3,(H2,16,17,20,21). The number of hydrogen-bond donors (Lipinski definition) is 2. The zero-order chi connectivity index (χ0) is 15.2. The molecule has 1 spiro atoms. The van der Waals surface area contributed by atoms with Crippen LogP contribution in [-0.2, 0) is 4.79 Å². The van der Waals surface area contributed by atoms with E-state index in [1.807, 2.05) is 0 Å². The van der Waals surface area contributed by atoms with Crippen LogP contribution < -0.4 is 10.6 Å². The van der Waals surface area contributed by atoms with Gasteiger partial charge in [0.25, 0.3) is 11.8 Å². The molecule has 1 aromatic rings. The topological polar surface area (TPSA) is 91.4 Å². The molecule has 2 aliphatic rings. The molecule has 2 saturated heterocycles. The molecule has 4 amide bonds. The number of rotatable bonds is 1. The third-order valence-corrected chi connectivity index (χ3v) is 4.10. The normalized spacial score (nSPS) is 24.4. The average Bonchev–Trinajstić information content (AvgIpc) is 2.94. The maximum absolute atomic E-state index is 12.5. The van der Waals surface area contributed by atoms with Crippen molar-refractivity contribution < 1.29 is 14.4 Å². The molecule has 2 N–H and O–H groups in total. The van der Waals surface area contributed by atoms with Crippen molar-refractivity contribution in [3.05, 3.63) is 28.5 Å². The molecule has 8 heteroatoms. The number of aromatic nitrogens is 1. The zero-order valence-electron chi connectivity index (χ0n) is 11.3. The monoisotopic (exact) mass is 308 g/mol. The lowest BCUT2D eigenvalue weighted by Crippen LogP contribution is -2.49. The second-order valence-corrected chi connectivity index (χ2v) is 5.68. The largest absolute Gasteiger partial charge is 0.336 e. The molecule has 3 heterocycles. The van der Waals surface area contributed by atoms with Crippen LogP contribution >= 0.6 is 11.6 Å². The second-order valence-electron chi connectivity index (χ2n) is 5.27. The van der Waals surface area contributed by atoms with Crippen molar-refractivity contribution in [3.63, 3.8) is 0 Å². The van der Waals surface area contributed by atoms with E-state index >= 15 is 0 Å². The Morgan fingerprint density at radius 3 is 2.86 bits per heavy atom. The SMILES string of the molecule is Cc1cc(Cl)c(C(=O)N2CCC3(C2)NC(=O)NC3=O)cn1. The first-order valence-corrected chi connectivity index (χ1v) is 6.84. The van der Waals surface area contributed by atoms with Gasteiger partial charge in [0, 0.05) is 18.4 Å². The minimum Gasteiger partial charge on any atom is -0.336 e. The van der Waals surface area contributed by atoms with Gasteiger partial charge in [0.1, 0.15) is 5.54 Å². The van der Waals surface area contributed by atoms with E-state index in [9.17, 15) is 14.4 Å². The van der Waals surface area contributed by atoms with E-state index in [-0.39, 0.29) is 12.5 Å². The highest BCUT2D eigenvalue weighted by atomic mass is 35.5. The Labute approximate surface area is 125 Å². The highest BCUT2D eigenvalue weighted by molar-refractivity contribution is 6.33. The molecule has 3 rings (SSSR count). The van der Waals surface area contributed by atoms with Gasteiger partial charge in [-0.05, 0) is 19.4 Å². The summed E-state index contributed by atoms with van der Waals surface area (Å²) >= 11 is 6.07. The van der Waals surface area contributed by atoms with Gasteiger partial charge in [-0.2, -0.15) is 0 Å². The van der Waals surface area contributed by atoms with Crippen LogP contribution in [0.2, 0.25) is 5.02 Å². The minimum absolute atomic E-state index is 0.133. The summed E-state index contributed by atoms with van der Waals surface area (Å²) in [6.45, 7) is 2.29. The molecule has 0 bridgehead atoms. The number of nitrogens with zero attached hydrogens (tertiary/aromatic N) is 2. The summed E-state index contributed by atoms with van der Waals surface area (Å²) in [7, 11) is 0. The lowest BCUT2D eigenvalue weighted by molar-refractivity contribution is -0.123. The van der Waals surface area contributed by atoms with Gasteiger partial charge in [-0.3, -0.25) is 19.9 Å². The van der Waals surface area contributed by atoms with E-state index in [4.69, 9.17) is 11.6 Å². The Morgan fingerprint density at radius 2 is 2.24 bits per heavy atom. The van der Waals surface area contributed by atoms with Crippen molar-refractivity contribution in [1.29, 1.82) is 0 Å². The van der Waals surface area contributed by atoms with E-state index in [2.05, 4.69) is 15.6 Å². The van der Waals surface area contributed by atoms with Gasteiger partial charge in [0.05, 0.1) is 17.1 Å². The van der Waals surface area contributed by atoms with E-state index < -0.39 is 17.5 Å². The maximum Gasteiger partial charge on any atom is 0.322 e. The molecule has 0 aromatic carbocycles. The van der Waals surface area contributed by atoms with E-state index in [0.29, 0.717) is 23.6 Å². The third-order valence-electron chi connectivity index (χ3n) is 3.79. The Hall–Kier alpha value is -2.15. The van der Waals surface area contributed by atoms with Gasteiger partial charge in [0.2, 0.25) is 0 Å². The summed E-state index contributed by atoms with van der Waals surface area (Å²) in [5.74, 6) is -0.686. The third kappa shape index (κ3) is 2.23. The Balaban J connectivity index is 1.82. The highest BCUT2D eigenvalue weighted by Crippen LogP contribution is 2.27. The smallest absolute Gasteiger partial charge is 0.322 e. The zero-order valence-corrected chi connectivity index (χ0v) is 12.0. The van der Waals surface area contributed by atoms with Gasteiger partial charge < -0.3 is 10.2 Å². The number of likely N-dealkylation sites (tertiary alicyclic amines) is 1. The molecule has 7 nitrogen and oxygen atoms in total. The summed E-state index contributed by atoms with van der Waals surface area (Å²) < 4.78 is 0. The lowest BCUT2D eigenvalue weighted by atomic mass is 9.99. The van der Waals surface area contributed by atoms with Gasteiger partial charge in [-0.25, -0.2) is 4.79 Å². The van der Waals surface area contributed by atoms with E-state index in [0.717, 1.165) is 5.69 Å². The lowest BCUT2D eigenvalue weighted by Gasteiger charge is -2.21. The number of hydrogen-bond acceptors (Lipinski definition) is 4. The number of aryl methyl sites for hydroxylation is 1. The maximum atomic E-state index is 12.5. The molecule has 1 unspecified atom stereocenters. The predicted octanol–water partition coefficient (Wildman–Crippen LogP) is 0.468. The highest BCUT2D eigenvalue weighted by Gasteiger charge is 2.51. The predicted molar refractivity (Wildman–Crippen MR) is 73.9 cm³/mol. The molecular formula is C13H13ClN4O3. The van der Waals surface area contributed by atoms with E-state index in [1.54, 1.807) is 13.0 Å². The number of imide groups is 1. The molecular weight excluding hydrogens is 296 g/mol. The fourth-order valence-corrected chi connectivity index (χ4v) is 2.94. The van der Waals surface area contributed by atoms with Crippen molar-refractivity contribution in [3.8, 4) is 0 Å². The first-order valence-electron chi connectivity index (χ1n) is 6.46. The van der Waals surface area contributed by atoms with Crippen LogP contribution in [-0.4, -0.2) is 46.4 Å². The van der Waals surface area contributed by atoms with Crippen LogP contribution in [0.15, 0.2) is 12.3 Å². The number of carbonyl (C=O) groups is 3. The number of halogens is 1. The number of nitrogens with one attached hydrogen (secondary N) is 2. The van der Waals surface area contributed by atoms with Crippen LogP contribution in [0.25, 0.3) is 0 Å². The van der Waals surface area contributed by atoms with Crippen LogP contribution in [0.3, 0.4) is 0 Å². The van der Waals surface area contributed by atoms with Gasteiger partial charge >= 0.3 is 6.03 Å². The van der Waals surface area contributed by atoms with Crippen LogP contribution in [0.1, 0.15) is 22.5 Å². The molecule has 2 fully saturated rings. The van der Waals surface area contributed by atoms with Gasteiger partial charge in [-0.15, -0.1) is 0 Å². The average molecular weight is 309 g/mol. The minimum atomic E-state index is -1.02. The first-order chi connectivity index (χ1) is 9.91. The van der Waals surface area contributed by atoms with Crippen LogP contribution in [0.4, 0.5) is 4.79 Å².